The van der Waals surface area contributed by atoms with Crippen LogP contribution in [0.15, 0.2) is 40.9 Å². The first-order valence-corrected chi connectivity index (χ1v) is 7.77. The lowest BCUT2D eigenvalue weighted by atomic mass is 10.0. The molecule has 0 aliphatic heterocycles. The van der Waals surface area contributed by atoms with Gasteiger partial charge in [0.1, 0.15) is 11.3 Å². The number of aromatic hydroxyl groups is 1. The molecule has 0 aliphatic carbocycles. The van der Waals surface area contributed by atoms with Gasteiger partial charge in [-0.25, -0.2) is 4.79 Å². The average molecular weight is 416 g/mol. The number of halogens is 3. The minimum atomic E-state index is -1.33. The maximum absolute atomic E-state index is 12.2. The van der Waals surface area contributed by atoms with Crippen LogP contribution in [0.25, 0.3) is 6.08 Å². The van der Waals surface area contributed by atoms with Crippen molar-refractivity contribution >= 4 is 57.0 Å². The molecule has 0 radical (unpaired) electrons. The van der Waals surface area contributed by atoms with Gasteiger partial charge in [-0.15, -0.1) is 0 Å². The van der Waals surface area contributed by atoms with Crippen molar-refractivity contribution in [2.45, 2.75) is 0 Å². The molecule has 0 unspecified atom stereocenters. The zero-order valence-electron chi connectivity index (χ0n) is 11.4. The van der Waals surface area contributed by atoms with E-state index in [1.165, 1.54) is 24.3 Å². The number of carbonyl (C=O) groups is 2. The highest BCUT2D eigenvalue weighted by Crippen LogP contribution is 2.29. The third-order valence-electron chi connectivity index (χ3n) is 2.94. The van der Waals surface area contributed by atoms with E-state index < -0.39 is 17.5 Å². The molecule has 0 saturated carbocycles. The van der Waals surface area contributed by atoms with Crippen molar-refractivity contribution in [3.8, 4) is 5.75 Å². The van der Waals surface area contributed by atoms with Crippen LogP contribution < -0.4 is 0 Å². The van der Waals surface area contributed by atoms with E-state index in [0.29, 0.717) is 20.1 Å². The summed E-state index contributed by atoms with van der Waals surface area (Å²) in [7, 11) is 0. The van der Waals surface area contributed by atoms with Gasteiger partial charge in [0.2, 0.25) is 0 Å². The van der Waals surface area contributed by atoms with Crippen molar-refractivity contribution in [2.24, 2.45) is 0 Å². The normalized spacial score (nSPS) is 10.9. The number of aromatic carboxylic acids is 1. The summed E-state index contributed by atoms with van der Waals surface area (Å²) in [6.45, 7) is 0. The van der Waals surface area contributed by atoms with Gasteiger partial charge in [0.25, 0.3) is 0 Å². The molecule has 2 aromatic rings. The lowest BCUT2D eigenvalue weighted by molar-refractivity contribution is 0.0693. The van der Waals surface area contributed by atoms with Crippen LogP contribution >= 0.6 is 39.1 Å². The number of rotatable bonds is 4. The zero-order valence-corrected chi connectivity index (χ0v) is 14.5. The summed E-state index contributed by atoms with van der Waals surface area (Å²) in [6, 6.07) is 7.34. The topological polar surface area (TPSA) is 74.6 Å². The smallest absolute Gasteiger partial charge is 0.339 e. The van der Waals surface area contributed by atoms with Gasteiger partial charge in [-0.3, -0.25) is 4.79 Å². The van der Waals surface area contributed by atoms with Gasteiger partial charge < -0.3 is 10.2 Å². The van der Waals surface area contributed by atoms with E-state index in [0.717, 1.165) is 0 Å². The molecule has 2 rings (SSSR count). The summed E-state index contributed by atoms with van der Waals surface area (Å²) in [6.07, 6.45) is 2.63. The first-order chi connectivity index (χ1) is 10.8. The Morgan fingerprint density at radius 1 is 1.09 bits per heavy atom. The van der Waals surface area contributed by atoms with Gasteiger partial charge in [0.15, 0.2) is 5.78 Å². The molecule has 2 N–H and O–H groups in total. The largest absolute Gasteiger partial charge is 0.506 e. The second-order valence-electron chi connectivity index (χ2n) is 4.52. The van der Waals surface area contributed by atoms with Crippen molar-refractivity contribution in [1.82, 2.24) is 0 Å². The quantitative estimate of drug-likeness (QED) is 0.540. The minimum Gasteiger partial charge on any atom is -0.506 e. The predicted octanol–water partition coefficient (Wildman–Crippen LogP) is 5.06. The summed E-state index contributed by atoms with van der Waals surface area (Å²) in [5.41, 5.74) is 0.0311. The van der Waals surface area contributed by atoms with Crippen molar-refractivity contribution in [1.29, 1.82) is 0 Å². The van der Waals surface area contributed by atoms with E-state index in [1.54, 1.807) is 18.2 Å². The Kier molecular flexibility index (Phi) is 5.46. The van der Waals surface area contributed by atoms with E-state index in [9.17, 15) is 14.7 Å². The molecule has 118 valence electrons. The van der Waals surface area contributed by atoms with E-state index in [1.807, 2.05) is 0 Å². The van der Waals surface area contributed by atoms with Crippen LogP contribution in [0.2, 0.25) is 10.0 Å². The van der Waals surface area contributed by atoms with Crippen LogP contribution in [0.1, 0.15) is 26.3 Å². The Morgan fingerprint density at radius 2 is 1.74 bits per heavy atom. The van der Waals surface area contributed by atoms with Crippen LogP contribution in [0.3, 0.4) is 0 Å². The molecule has 0 aromatic heterocycles. The Morgan fingerprint density at radius 3 is 2.39 bits per heavy atom. The summed E-state index contributed by atoms with van der Waals surface area (Å²) in [4.78, 5) is 23.3. The highest BCUT2D eigenvalue weighted by molar-refractivity contribution is 9.10. The Hall–Kier alpha value is -1.82. The predicted molar refractivity (Wildman–Crippen MR) is 92.6 cm³/mol. The van der Waals surface area contributed by atoms with Crippen LogP contribution in [0, 0.1) is 0 Å². The van der Waals surface area contributed by atoms with E-state index in [-0.39, 0.29) is 11.1 Å². The highest BCUT2D eigenvalue weighted by Gasteiger charge is 2.18. The Balaban J connectivity index is 2.40. The number of benzene rings is 2. The van der Waals surface area contributed by atoms with Gasteiger partial charge in [-0.1, -0.05) is 39.1 Å². The van der Waals surface area contributed by atoms with Gasteiger partial charge >= 0.3 is 5.97 Å². The van der Waals surface area contributed by atoms with Gasteiger partial charge in [-0.05, 0) is 48.0 Å². The second kappa shape index (κ2) is 7.17. The number of carbonyl (C=O) groups excluding carboxylic acids is 1. The number of ketones is 1. The molecule has 0 atom stereocenters. The fourth-order valence-electron chi connectivity index (χ4n) is 1.85. The SMILES string of the molecule is O=C(O)c1cc(Br)cc(C(=O)/C=C/c2cc(Cl)ccc2Cl)c1O. The van der Waals surface area contributed by atoms with E-state index >= 15 is 0 Å². The number of hydrogen-bond donors (Lipinski definition) is 2. The molecule has 0 saturated heterocycles. The first kappa shape index (κ1) is 17.5. The minimum absolute atomic E-state index is 0.133. The second-order valence-corrected chi connectivity index (χ2v) is 6.28. The van der Waals surface area contributed by atoms with Crippen molar-refractivity contribution in [3.05, 3.63) is 67.6 Å². The molecular formula is C16H9BrCl2O4. The molecule has 0 fully saturated rings. The van der Waals surface area contributed by atoms with Crippen molar-refractivity contribution < 1.29 is 19.8 Å². The fraction of sp³-hybridized carbons (Fsp3) is 0. The summed E-state index contributed by atoms with van der Waals surface area (Å²) in [5, 5.41) is 19.8. The van der Waals surface area contributed by atoms with Crippen LogP contribution in [0.4, 0.5) is 0 Å². The Bertz CT molecular complexity index is 831. The molecule has 7 heteroatoms. The number of hydrogen-bond acceptors (Lipinski definition) is 3. The molecule has 4 nitrogen and oxygen atoms in total. The fourth-order valence-corrected chi connectivity index (χ4v) is 2.67. The standard InChI is InChI=1S/C16H9BrCl2O4/c17-9-6-11(15(21)12(7-9)16(22)23)14(20)4-1-8-5-10(18)2-3-13(8)19/h1-7,21H,(H,22,23)/b4-1+. The lowest BCUT2D eigenvalue weighted by Gasteiger charge is -2.06. The molecule has 0 spiro atoms. The highest BCUT2D eigenvalue weighted by atomic mass is 79.9. The lowest BCUT2D eigenvalue weighted by Crippen LogP contribution is -2.03. The van der Waals surface area contributed by atoms with Crippen LogP contribution in [-0.4, -0.2) is 22.0 Å². The maximum Gasteiger partial charge on any atom is 0.339 e. The van der Waals surface area contributed by atoms with E-state index in [2.05, 4.69) is 15.9 Å². The third kappa shape index (κ3) is 4.13. The molecule has 0 heterocycles. The van der Waals surface area contributed by atoms with Crippen LogP contribution in [-0.2, 0) is 0 Å². The van der Waals surface area contributed by atoms with Crippen LogP contribution in [0.5, 0.6) is 5.75 Å². The van der Waals surface area contributed by atoms with Crippen molar-refractivity contribution in [2.75, 3.05) is 0 Å². The monoisotopic (exact) mass is 414 g/mol. The number of allylic oxidation sites excluding steroid dienone is 1. The maximum atomic E-state index is 12.2. The number of phenols is 1. The molecule has 0 bridgehead atoms. The molecule has 2 aromatic carbocycles. The van der Waals surface area contributed by atoms with Gasteiger partial charge in [0, 0.05) is 14.5 Å². The third-order valence-corrected chi connectivity index (χ3v) is 3.98. The molecule has 0 amide bonds. The number of carboxylic acids is 1. The van der Waals surface area contributed by atoms with Crippen molar-refractivity contribution in [3.63, 3.8) is 0 Å². The summed E-state index contributed by atoms with van der Waals surface area (Å²) in [5.74, 6) is -2.49. The summed E-state index contributed by atoms with van der Waals surface area (Å²) >= 11 is 15.0. The van der Waals surface area contributed by atoms with Gasteiger partial charge in [-0.2, -0.15) is 0 Å². The summed E-state index contributed by atoms with van der Waals surface area (Å²) < 4.78 is 0.366. The molecular weight excluding hydrogens is 407 g/mol. The zero-order chi connectivity index (χ0) is 17.1. The number of carboxylic acid groups (broad SMARTS) is 1. The average Bonchev–Trinajstić information content (AvgIpc) is 2.49. The first-order valence-electron chi connectivity index (χ1n) is 6.23. The van der Waals surface area contributed by atoms with Gasteiger partial charge in [0.05, 0.1) is 5.56 Å². The molecule has 23 heavy (non-hydrogen) atoms. The Labute approximate surface area is 150 Å². The van der Waals surface area contributed by atoms with E-state index in [4.69, 9.17) is 28.3 Å². The molecule has 0 aliphatic rings.